The van der Waals surface area contributed by atoms with Gasteiger partial charge in [0.2, 0.25) is 0 Å². The largest absolute Gasteiger partial charge is 0.394 e. The van der Waals surface area contributed by atoms with Crippen molar-refractivity contribution in [1.29, 1.82) is 0 Å². The Labute approximate surface area is 151 Å². The Morgan fingerprint density at radius 1 is 1.15 bits per heavy atom. The lowest BCUT2D eigenvalue weighted by Crippen LogP contribution is -2.65. The minimum absolute atomic E-state index is 0.0865. The normalized spacial score (nSPS) is 29.6. The second-order valence-electron chi connectivity index (χ2n) is 5.69. The maximum atomic E-state index is 11.2. The van der Waals surface area contributed by atoms with Crippen LogP contribution in [-0.2, 0) is 31.1 Å². The Morgan fingerprint density at radius 2 is 1.85 bits per heavy atom. The van der Waals surface area contributed by atoms with Crippen LogP contribution >= 0.6 is 0 Å². The fourth-order valence-electron chi connectivity index (χ4n) is 2.65. The number of hydrogen-bond donors (Lipinski definition) is 5. The van der Waals surface area contributed by atoms with E-state index in [2.05, 4.69) is 0 Å². The summed E-state index contributed by atoms with van der Waals surface area (Å²) in [6, 6.07) is 7.62. The molecule has 1 fully saturated rings. The summed E-state index contributed by atoms with van der Waals surface area (Å²) in [4.78, 5) is 0. The van der Waals surface area contributed by atoms with E-state index in [0.29, 0.717) is 0 Å². The molecule has 0 radical (unpaired) electrons. The molecule has 1 heterocycles. The molecule has 0 unspecified atom stereocenters. The van der Waals surface area contributed by atoms with Crippen LogP contribution in [0, 0.1) is 0 Å². The highest BCUT2D eigenvalue weighted by molar-refractivity contribution is 7.83. The van der Waals surface area contributed by atoms with E-state index in [4.69, 9.17) is 23.9 Å². The summed E-state index contributed by atoms with van der Waals surface area (Å²) in [5, 5.41) is 28.9. The van der Waals surface area contributed by atoms with Gasteiger partial charge in [-0.2, -0.15) is 13.1 Å². The van der Waals surface area contributed by atoms with Crippen LogP contribution in [0.4, 0.5) is 0 Å². The molecule has 1 aliphatic heterocycles. The first-order chi connectivity index (χ1) is 12.4. The van der Waals surface area contributed by atoms with Crippen molar-refractivity contribution in [2.75, 3.05) is 19.8 Å². The predicted octanol–water partition coefficient (Wildman–Crippen LogP) is -1.58. The lowest BCUT2D eigenvalue weighted by atomic mass is 9.97. The topological polar surface area (TPSA) is 155 Å². The maximum Gasteiger partial charge on any atom is 0.333 e. The lowest BCUT2D eigenvalue weighted by molar-refractivity contribution is -0.279. The number of nitrogens with one attached hydrogen (secondary N) is 1. The van der Waals surface area contributed by atoms with Crippen LogP contribution in [0.2, 0.25) is 0 Å². The molecule has 0 aliphatic carbocycles. The first-order valence-corrected chi connectivity index (χ1v) is 9.37. The molecule has 0 spiro atoms. The fraction of sp³-hybridized carbons (Fsp3) is 0.600. The van der Waals surface area contributed by atoms with Crippen LogP contribution in [0.25, 0.3) is 0 Å². The Kier molecular flexibility index (Phi) is 7.88. The molecule has 1 aromatic rings. The van der Waals surface area contributed by atoms with Crippen LogP contribution in [0.15, 0.2) is 30.3 Å². The molecule has 1 aliphatic rings. The Balaban J connectivity index is 2.15. The van der Waals surface area contributed by atoms with E-state index in [1.165, 1.54) is 0 Å². The fourth-order valence-corrected chi connectivity index (χ4v) is 3.24. The highest BCUT2D eigenvalue weighted by Crippen LogP contribution is 2.25. The van der Waals surface area contributed by atoms with Crippen molar-refractivity contribution in [3.05, 3.63) is 35.9 Å². The molecule has 26 heavy (non-hydrogen) atoms. The molecule has 2 rings (SSSR count). The molecule has 0 bridgehead atoms. The highest BCUT2D eigenvalue weighted by Gasteiger charge is 2.47. The van der Waals surface area contributed by atoms with Gasteiger partial charge in [0, 0.05) is 0 Å². The van der Waals surface area contributed by atoms with Crippen LogP contribution in [0.5, 0.6) is 0 Å². The summed E-state index contributed by atoms with van der Waals surface area (Å²) in [6.45, 7) is -1.00. The van der Waals surface area contributed by atoms with Crippen LogP contribution < -0.4 is 4.72 Å². The molecule has 5 atom stereocenters. The average Bonchev–Trinajstić information content (AvgIpc) is 2.61. The van der Waals surface area contributed by atoms with Crippen molar-refractivity contribution < 1.29 is 42.5 Å². The van der Waals surface area contributed by atoms with Gasteiger partial charge in [-0.15, -0.1) is 0 Å². The van der Waals surface area contributed by atoms with Gasteiger partial charge in [-0.05, 0) is 5.56 Å². The SMILES string of the molecule is O=S(=O)(O)N[C@H]1[C@@H](OCCO)O[C@H](CO)[C@@H](OCc2ccccc2)[C@@H]1O. The van der Waals surface area contributed by atoms with Crippen LogP contribution in [-0.4, -0.2) is 78.8 Å². The summed E-state index contributed by atoms with van der Waals surface area (Å²) in [7, 11) is -4.68. The molecule has 0 aromatic heterocycles. The number of ether oxygens (including phenoxy) is 3. The standard InChI is InChI=1S/C15H23NO9S/c17-6-7-23-15-12(16-26(20,21)22)13(19)14(11(8-18)25-15)24-9-10-4-2-1-3-5-10/h1-5,11-19H,6-9H2,(H,20,21,22)/t11-,12-,13-,14-,15+/m1/s1. The molecule has 5 N–H and O–H groups in total. The van der Waals surface area contributed by atoms with Crippen molar-refractivity contribution in [1.82, 2.24) is 4.72 Å². The molecule has 0 saturated carbocycles. The summed E-state index contributed by atoms with van der Waals surface area (Å²) >= 11 is 0. The third-order valence-electron chi connectivity index (χ3n) is 3.80. The minimum Gasteiger partial charge on any atom is -0.394 e. The predicted molar refractivity (Wildman–Crippen MR) is 88.3 cm³/mol. The first-order valence-electron chi connectivity index (χ1n) is 7.93. The van der Waals surface area contributed by atoms with Crippen molar-refractivity contribution >= 4 is 10.3 Å². The zero-order valence-corrected chi connectivity index (χ0v) is 14.7. The number of rotatable bonds is 9. The third kappa shape index (κ3) is 5.94. The zero-order valence-electron chi connectivity index (χ0n) is 13.8. The maximum absolute atomic E-state index is 11.2. The summed E-state index contributed by atoms with van der Waals surface area (Å²) in [5.41, 5.74) is 0.800. The molecule has 148 valence electrons. The van der Waals surface area contributed by atoms with Gasteiger partial charge in [-0.25, -0.2) is 0 Å². The average molecular weight is 393 g/mol. The smallest absolute Gasteiger partial charge is 0.333 e. The van der Waals surface area contributed by atoms with E-state index in [1.54, 1.807) is 24.3 Å². The minimum atomic E-state index is -4.68. The first kappa shape index (κ1) is 21.2. The second kappa shape index (κ2) is 9.69. The summed E-state index contributed by atoms with van der Waals surface area (Å²) in [5.74, 6) is 0. The van der Waals surface area contributed by atoms with Crippen molar-refractivity contribution in [3.63, 3.8) is 0 Å². The Hall–Kier alpha value is -1.15. The molecular weight excluding hydrogens is 370 g/mol. The lowest BCUT2D eigenvalue weighted by Gasteiger charge is -2.43. The second-order valence-corrected chi connectivity index (χ2v) is 6.88. The van der Waals surface area contributed by atoms with Gasteiger partial charge in [0.1, 0.15) is 24.4 Å². The third-order valence-corrected chi connectivity index (χ3v) is 4.37. The van der Waals surface area contributed by atoms with Gasteiger partial charge in [0.25, 0.3) is 0 Å². The van der Waals surface area contributed by atoms with E-state index in [-0.39, 0.29) is 19.8 Å². The Morgan fingerprint density at radius 3 is 2.42 bits per heavy atom. The molecule has 1 aromatic carbocycles. The van der Waals surface area contributed by atoms with E-state index in [9.17, 15) is 18.6 Å². The molecule has 0 amide bonds. The van der Waals surface area contributed by atoms with E-state index < -0.39 is 47.6 Å². The number of hydrogen-bond acceptors (Lipinski definition) is 8. The molecule has 1 saturated heterocycles. The van der Waals surface area contributed by atoms with Crippen molar-refractivity contribution in [3.8, 4) is 0 Å². The number of aliphatic hydroxyl groups excluding tert-OH is 3. The van der Waals surface area contributed by atoms with E-state index in [1.807, 2.05) is 10.8 Å². The van der Waals surface area contributed by atoms with Crippen molar-refractivity contribution in [2.45, 2.75) is 37.3 Å². The number of aliphatic hydroxyl groups is 3. The zero-order chi connectivity index (χ0) is 19.2. The van der Waals surface area contributed by atoms with Crippen LogP contribution in [0.3, 0.4) is 0 Å². The van der Waals surface area contributed by atoms with Gasteiger partial charge in [0.05, 0.1) is 26.4 Å². The summed E-state index contributed by atoms with van der Waals surface area (Å²) in [6.07, 6.45) is -4.92. The quantitative estimate of drug-likeness (QED) is 0.313. The molecule has 10 nitrogen and oxygen atoms in total. The Bertz CT molecular complexity index is 642. The van der Waals surface area contributed by atoms with Crippen LogP contribution in [0.1, 0.15) is 5.56 Å². The van der Waals surface area contributed by atoms with Gasteiger partial charge in [-0.3, -0.25) is 4.55 Å². The van der Waals surface area contributed by atoms with E-state index >= 15 is 0 Å². The molecule has 11 heteroatoms. The summed E-state index contributed by atoms with van der Waals surface area (Å²) < 4.78 is 49.5. The molecular formula is C15H23NO9S. The van der Waals surface area contributed by atoms with Gasteiger partial charge < -0.3 is 29.5 Å². The number of benzene rings is 1. The monoisotopic (exact) mass is 393 g/mol. The van der Waals surface area contributed by atoms with Gasteiger partial charge in [0.15, 0.2) is 6.29 Å². The highest BCUT2D eigenvalue weighted by atomic mass is 32.2. The van der Waals surface area contributed by atoms with Crippen molar-refractivity contribution in [2.24, 2.45) is 0 Å². The van der Waals surface area contributed by atoms with Gasteiger partial charge in [-0.1, -0.05) is 30.3 Å². The van der Waals surface area contributed by atoms with E-state index in [0.717, 1.165) is 5.56 Å². The van der Waals surface area contributed by atoms with Gasteiger partial charge >= 0.3 is 10.3 Å².